The van der Waals surface area contributed by atoms with Gasteiger partial charge in [0.15, 0.2) is 5.65 Å². The van der Waals surface area contributed by atoms with Gasteiger partial charge in [-0.1, -0.05) is 37.0 Å². The SMILES string of the molecule is CC(C)c1cnn2c(NCc3cc(Cl)ccc3Cl)nc(OC3CCCNC3)nc12. The number of piperidine rings is 1. The Bertz CT molecular complexity index is 1000. The highest BCUT2D eigenvalue weighted by molar-refractivity contribution is 6.33. The fraction of sp³-hybridized carbons (Fsp3) is 0.450. The Hall–Kier alpha value is -2.09. The number of anilines is 1. The first-order valence-corrected chi connectivity index (χ1v) is 10.6. The molecule has 1 aliphatic heterocycles. The van der Waals surface area contributed by atoms with E-state index in [9.17, 15) is 0 Å². The standard InChI is InChI=1S/C20H24Cl2N6O/c1-12(2)16-11-25-28-18(16)26-20(29-15-4-3-7-23-10-15)27-19(28)24-9-13-8-14(21)5-6-17(13)22/h5-6,8,11-12,15,23H,3-4,7,9-10H2,1-2H3,(H,24,26,27). The fourth-order valence-electron chi connectivity index (χ4n) is 3.37. The van der Waals surface area contributed by atoms with Crippen LogP contribution in [0.1, 0.15) is 43.7 Å². The molecule has 4 rings (SSSR count). The summed E-state index contributed by atoms with van der Waals surface area (Å²) in [7, 11) is 0. The molecule has 1 saturated heterocycles. The molecule has 1 aromatic carbocycles. The molecule has 3 aromatic rings. The van der Waals surface area contributed by atoms with E-state index >= 15 is 0 Å². The van der Waals surface area contributed by atoms with Crippen molar-refractivity contribution in [2.45, 2.75) is 45.3 Å². The normalized spacial score (nSPS) is 17.1. The third kappa shape index (κ3) is 4.57. The zero-order valence-corrected chi connectivity index (χ0v) is 18.0. The number of halogens is 2. The Morgan fingerprint density at radius 3 is 2.93 bits per heavy atom. The summed E-state index contributed by atoms with van der Waals surface area (Å²) < 4.78 is 7.80. The van der Waals surface area contributed by atoms with E-state index in [1.807, 2.05) is 12.3 Å². The Morgan fingerprint density at radius 2 is 2.17 bits per heavy atom. The predicted molar refractivity (Wildman–Crippen MR) is 115 cm³/mol. The van der Waals surface area contributed by atoms with Gasteiger partial charge in [0, 0.05) is 28.7 Å². The van der Waals surface area contributed by atoms with Crippen molar-refractivity contribution in [1.82, 2.24) is 24.9 Å². The van der Waals surface area contributed by atoms with Crippen LogP contribution in [-0.4, -0.2) is 38.8 Å². The number of benzene rings is 1. The van der Waals surface area contributed by atoms with E-state index in [4.69, 9.17) is 27.9 Å². The number of hydrogen-bond acceptors (Lipinski definition) is 6. The first kappa shape index (κ1) is 20.2. The lowest BCUT2D eigenvalue weighted by Gasteiger charge is -2.23. The summed E-state index contributed by atoms with van der Waals surface area (Å²) in [5, 5.41) is 12.4. The molecule has 1 fully saturated rings. The molecular weight excluding hydrogens is 411 g/mol. The summed E-state index contributed by atoms with van der Waals surface area (Å²) in [6, 6.07) is 5.74. The number of rotatable bonds is 6. The highest BCUT2D eigenvalue weighted by atomic mass is 35.5. The quantitative estimate of drug-likeness (QED) is 0.602. The molecule has 2 aromatic heterocycles. The third-order valence-electron chi connectivity index (χ3n) is 4.97. The molecule has 154 valence electrons. The van der Waals surface area contributed by atoms with E-state index in [0.29, 0.717) is 28.5 Å². The van der Waals surface area contributed by atoms with Crippen molar-refractivity contribution >= 4 is 34.8 Å². The van der Waals surface area contributed by atoms with Gasteiger partial charge < -0.3 is 15.4 Å². The van der Waals surface area contributed by atoms with Gasteiger partial charge in [-0.3, -0.25) is 0 Å². The van der Waals surface area contributed by atoms with E-state index in [0.717, 1.165) is 42.7 Å². The Balaban J connectivity index is 1.66. The number of nitrogens with zero attached hydrogens (tertiary/aromatic N) is 4. The molecule has 0 saturated carbocycles. The second-order valence-electron chi connectivity index (χ2n) is 7.50. The van der Waals surface area contributed by atoms with Crippen LogP contribution in [0.25, 0.3) is 5.65 Å². The van der Waals surface area contributed by atoms with Crippen LogP contribution in [0, 0.1) is 0 Å². The van der Waals surface area contributed by atoms with Crippen molar-refractivity contribution in [1.29, 1.82) is 0 Å². The summed E-state index contributed by atoms with van der Waals surface area (Å²) in [5.41, 5.74) is 2.66. The Morgan fingerprint density at radius 1 is 1.31 bits per heavy atom. The number of hydrogen-bond donors (Lipinski definition) is 2. The smallest absolute Gasteiger partial charge is 0.322 e. The summed E-state index contributed by atoms with van der Waals surface area (Å²) in [5.74, 6) is 0.832. The van der Waals surface area contributed by atoms with E-state index in [1.54, 1.807) is 16.6 Å². The molecule has 0 amide bonds. The number of aromatic nitrogens is 4. The molecule has 9 heteroatoms. The van der Waals surface area contributed by atoms with Gasteiger partial charge in [-0.05, 0) is 49.1 Å². The van der Waals surface area contributed by atoms with Crippen LogP contribution in [0.5, 0.6) is 6.01 Å². The molecule has 0 bridgehead atoms. The van der Waals surface area contributed by atoms with Crippen molar-refractivity contribution in [3.8, 4) is 6.01 Å². The minimum Gasteiger partial charge on any atom is -0.459 e. The van der Waals surface area contributed by atoms with Crippen molar-refractivity contribution in [2.75, 3.05) is 18.4 Å². The summed E-state index contributed by atoms with van der Waals surface area (Å²) in [6.07, 6.45) is 3.96. The van der Waals surface area contributed by atoms with Crippen LogP contribution in [0.4, 0.5) is 5.95 Å². The van der Waals surface area contributed by atoms with E-state index in [1.165, 1.54) is 0 Å². The third-order valence-corrected chi connectivity index (χ3v) is 5.57. The van der Waals surface area contributed by atoms with Crippen molar-refractivity contribution in [2.24, 2.45) is 0 Å². The van der Waals surface area contributed by atoms with Crippen LogP contribution in [0.2, 0.25) is 10.0 Å². The molecule has 0 spiro atoms. The minimum atomic E-state index is 0.0619. The molecule has 1 aliphatic rings. The molecule has 0 aliphatic carbocycles. The number of fused-ring (bicyclic) bond motifs is 1. The highest BCUT2D eigenvalue weighted by Gasteiger charge is 2.20. The lowest BCUT2D eigenvalue weighted by atomic mass is 10.1. The Labute approximate surface area is 179 Å². The van der Waals surface area contributed by atoms with E-state index in [2.05, 4.69) is 39.5 Å². The summed E-state index contributed by atoms with van der Waals surface area (Å²) in [6.45, 7) is 6.50. The molecule has 7 nitrogen and oxygen atoms in total. The molecule has 2 N–H and O–H groups in total. The number of ether oxygens (including phenoxy) is 1. The molecule has 3 heterocycles. The fourth-order valence-corrected chi connectivity index (χ4v) is 3.75. The minimum absolute atomic E-state index is 0.0619. The van der Waals surface area contributed by atoms with E-state index in [-0.39, 0.29) is 12.0 Å². The van der Waals surface area contributed by atoms with Crippen molar-refractivity contribution in [3.05, 3.63) is 45.6 Å². The van der Waals surface area contributed by atoms with Gasteiger partial charge in [-0.15, -0.1) is 0 Å². The molecule has 29 heavy (non-hydrogen) atoms. The summed E-state index contributed by atoms with van der Waals surface area (Å²) in [4.78, 5) is 9.24. The average molecular weight is 435 g/mol. The molecular formula is C20H24Cl2N6O. The van der Waals surface area contributed by atoms with Crippen LogP contribution in [0.3, 0.4) is 0 Å². The van der Waals surface area contributed by atoms with Crippen molar-refractivity contribution < 1.29 is 4.74 Å². The van der Waals surface area contributed by atoms with Gasteiger partial charge in [0.05, 0.1) is 6.20 Å². The zero-order chi connectivity index (χ0) is 20.4. The van der Waals surface area contributed by atoms with Gasteiger partial charge in [0.1, 0.15) is 6.10 Å². The largest absolute Gasteiger partial charge is 0.459 e. The second-order valence-corrected chi connectivity index (χ2v) is 8.34. The van der Waals surface area contributed by atoms with E-state index < -0.39 is 0 Å². The maximum Gasteiger partial charge on any atom is 0.322 e. The van der Waals surface area contributed by atoms with Gasteiger partial charge in [0.25, 0.3) is 0 Å². The van der Waals surface area contributed by atoms with Crippen LogP contribution >= 0.6 is 23.2 Å². The highest BCUT2D eigenvalue weighted by Crippen LogP contribution is 2.25. The topological polar surface area (TPSA) is 76.4 Å². The Kier molecular flexibility index (Phi) is 6.08. The van der Waals surface area contributed by atoms with Crippen LogP contribution in [-0.2, 0) is 6.54 Å². The summed E-state index contributed by atoms with van der Waals surface area (Å²) >= 11 is 12.4. The molecule has 0 radical (unpaired) electrons. The van der Waals surface area contributed by atoms with Gasteiger partial charge in [0.2, 0.25) is 5.95 Å². The molecule has 1 unspecified atom stereocenters. The first-order chi connectivity index (χ1) is 14.0. The van der Waals surface area contributed by atoms with Crippen LogP contribution in [0.15, 0.2) is 24.4 Å². The lowest BCUT2D eigenvalue weighted by Crippen LogP contribution is -2.37. The lowest BCUT2D eigenvalue weighted by molar-refractivity contribution is 0.153. The number of nitrogens with one attached hydrogen (secondary N) is 2. The van der Waals surface area contributed by atoms with Crippen LogP contribution < -0.4 is 15.4 Å². The van der Waals surface area contributed by atoms with Gasteiger partial charge in [-0.25, -0.2) is 0 Å². The van der Waals surface area contributed by atoms with Gasteiger partial charge >= 0.3 is 6.01 Å². The maximum absolute atomic E-state index is 6.30. The molecule has 1 atom stereocenters. The zero-order valence-electron chi connectivity index (χ0n) is 16.5. The maximum atomic E-state index is 6.30. The first-order valence-electron chi connectivity index (χ1n) is 9.82. The average Bonchev–Trinajstić information content (AvgIpc) is 3.13. The van der Waals surface area contributed by atoms with Crippen molar-refractivity contribution in [3.63, 3.8) is 0 Å². The predicted octanol–water partition coefficient (Wildman–Crippen LogP) is 4.30. The monoisotopic (exact) mass is 434 g/mol. The second kappa shape index (κ2) is 8.73. The van der Waals surface area contributed by atoms with Gasteiger partial charge in [-0.2, -0.15) is 19.6 Å².